The van der Waals surface area contributed by atoms with Crippen LogP contribution in [-0.2, 0) is 9.53 Å². The van der Waals surface area contributed by atoms with Crippen LogP contribution in [0.4, 0.5) is 11.4 Å². The number of nitrogens with zero attached hydrogens (tertiary/aromatic N) is 5. The fourth-order valence-electron chi connectivity index (χ4n) is 3.89. The lowest BCUT2D eigenvalue weighted by molar-refractivity contribution is -0.113. The Balaban J connectivity index is 1.31. The highest BCUT2D eigenvalue weighted by Crippen LogP contribution is 2.29. The molecule has 168 valence electrons. The molecule has 0 bridgehead atoms. The van der Waals surface area contributed by atoms with Gasteiger partial charge in [0.1, 0.15) is 11.4 Å². The first-order chi connectivity index (χ1) is 16.2. The van der Waals surface area contributed by atoms with E-state index >= 15 is 0 Å². The number of carbonyl (C=O) groups is 1. The Morgan fingerprint density at radius 2 is 1.82 bits per heavy atom. The van der Waals surface area contributed by atoms with Crippen LogP contribution in [0.15, 0.2) is 66.1 Å². The molecular weight excluding hydrogens is 436 g/mol. The van der Waals surface area contributed by atoms with E-state index in [0.29, 0.717) is 13.2 Å². The molecule has 4 aromatic rings. The minimum atomic E-state index is -0.0845. The summed E-state index contributed by atoms with van der Waals surface area (Å²) in [7, 11) is 0. The molecule has 0 saturated carbocycles. The number of rotatable bonds is 6. The molecule has 1 aliphatic heterocycles. The van der Waals surface area contributed by atoms with Crippen molar-refractivity contribution in [1.29, 1.82) is 0 Å². The molecular formula is C24H24N6O2S. The monoisotopic (exact) mass is 460 g/mol. The second-order valence-electron chi connectivity index (χ2n) is 7.71. The molecule has 2 aromatic carbocycles. The largest absolute Gasteiger partial charge is 0.378 e. The Morgan fingerprint density at radius 1 is 1.06 bits per heavy atom. The van der Waals surface area contributed by atoms with Crippen LogP contribution >= 0.6 is 11.8 Å². The normalized spacial score (nSPS) is 13.9. The number of hydrogen-bond acceptors (Lipinski definition) is 7. The van der Waals surface area contributed by atoms with E-state index in [2.05, 4.69) is 25.3 Å². The van der Waals surface area contributed by atoms with Crippen LogP contribution in [0, 0.1) is 6.92 Å². The third-order valence-corrected chi connectivity index (χ3v) is 6.55. The fourth-order valence-corrected chi connectivity index (χ4v) is 4.66. The highest BCUT2D eigenvalue weighted by Gasteiger charge is 2.17. The van der Waals surface area contributed by atoms with Crippen LogP contribution in [0.25, 0.3) is 16.7 Å². The van der Waals surface area contributed by atoms with E-state index in [4.69, 9.17) is 4.74 Å². The van der Waals surface area contributed by atoms with E-state index in [9.17, 15) is 4.79 Å². The van der Waals surface area contributed by atoms with Crippen molar-refractivity contribution >= 4 is 40.1 Å². The summed E-state index contributed by atoms with van der Waals surface area (Å²) < 4.78 is 7.26. The van der Waals surface area contributed by atoms with Gasteiger partial charge in [-0.05, 0) is 30.7 Å². The Morgan fingerprint density at radius 3 is 2.64 bits per heavy atom. The minimum Gasteiger partial charge on any atom is -0.378 e. The van der Waals surface area contributed by atoms with Crippen molar-refractivity contribution in [2.75, 3.05) is 42.3 Å². The van der Waals surface area contributed by atoms with E-state index in [1.807, 2.05) is 60.1 Å². The summed E-state index contributed by atoms with van der Waals surface area (Å²) in [5.41, 5.74) is 4.63. The molecule has 1 aliphatic rings. The predicted octanol–water partition coefficient (Wildman–Crippen LogP) is 3.69. The first kappa shape index (κ1) is 21.4. The second kappa shape index (κ2) is 9.60. The van der Waals surface area contributed by atoms with Crippen LogP contribution in [0.5, 0.6) is 0 Å². The summed E-state index contributed by atoms with van der Waals surface area (Å²) >= 11 is 1.38. The Hall–Kier alpha value is -3.43. The summed E-state index contributed by atoms with van der Waals surface area (Å²) in [5, 5.41) is 9.15. The van der Waals surface area contributed by atoms with Gasteiger partial charge in [-0.25, -0.2) is 14.6 Å². The van der Waals surface area contributed by atoms with E-state index in [1.54, 1.807) is 6.20 Å². The van der Waals surface area contributed by atoms with Gasteiger partial charge in [0.05, 0.1) is 47.6 Å². The second-order valence-corrected chi connectivity index (χ2v) is 8.68. The van der Waals surface area contributed by atoms with Crippen molar-refractivity contribution in [2.24, 2.45) is 0 Å². The van der Waals surface area contributed by atoms with Crippen molar-refractivity contribution in [3.8, 4) is 5.69 Å². The number of amides is 1. The third kappa shape index (κ3) is 4.55. The first-order valence-corrected chi connectivity index (χ1v) is 11.8. The number of morpholine rings is 1. The van der Waals surface area contributed by atoms with Crippen molar-refractivity contribution < 1.29 is 9.53 Å². The standard InChI is InChI=1S/C24H24N6O2S/c1-17-6-2-4-8-20(17)30-23-18(14-27-30)24(26-16-25-23)33-15-22(31)28-19-7-3-5-9-21(19)29-10-12-32-13-11-29/h2-9,14,16H,10-13,15H2,1H3,(H,28,31). The molecule has 0 aliphatic carbocycles. The van der Waals surface area contributed by atoms with E-state index in [1.165, 1.54) is 18.1 Å². The topological polar surface area (TPSA) is 85.2 Å². The molecule has 5 rings (SSSR count). The van der Waals surface area contributed by atoms with Crippen LogP contribution in [0.1, 0.15) is 5.56 Å². The quantitative estimate of drug-likeness (QED) is 0.347. The van der Waals surface area contributed by atoms with E-state index in [-0.39, 0.29) is 11.7 Å². The summed E-state index contributed by atoms with van der Waals surface area (Å²) in [5.74, 6) is 0.151. The molecule has 9 heteroatoms. The van der Waals surface area contributed by atoms with Crippen molar-refractivity contribution in [3.05, 3.63) is 66.6 Å². The van der Waals surface area contributed by atoms with Gasteiger partial charge >= 0.3 is 0 Å². The maximum atomic E-state index is 12.8. The van der Waals surface area contributed by atoms with Crippen molar-refractivity contribution in [1.82, 2.24) is 19.7 Å². The third-order valence-electron chi connectivity index (χ3n) is 5.54. The van der Waals surface area contributed by atoms with Gasteiger partial charge in [-0.3, -0.25) is 4.79 Å². The smallest absolute Gasteiger partial charge is 0.234 e. The zero-order chi connectivity index (χ0) is 22.6. The van der Waals surface area contributed by atoms with Gasteiger partial charge in [-0.1, -0.05) is 42.1 Å². The number of aromatic nitrogens is 4. The lowest BCUT2D eigenvalue weighted by Gasteiger charge is -2.30. The Labute approximate surface area is 196 Å². The molecule has 1 amide bonds. The summed E-state index contributed by atoms with van der Waals surface area (Å²) in [4.78, 5) is 23.9. The molecule has 0 spiro atoms. The van der Waals surface area contributed by atoms with Crippen LogP contribution in [-0.4, -0.2) is 57.7 Å². The van der Waals surface area contributed by atoms with E-state index < -0.39 is 0 Å². The Bertz CT molecular complexity index is 1280. The zero-order valence-electron chi connectivity index (χ0n) is 18.3. The predicted molar refractivity (Wildman–Crippen MR) is 130 cm³/mol. The van der Waals surface area contributed by atoms with Gasteiger partial charge < -0.3 is 15.0 Å². The van der Waals surface area contributed by atoms with Crippen LogP contribution in [0.2, 0.25) is 0 Å². The number of thioether (sulfide) groups is 1. The fraction of sp³-hybridized carbons (Fsp3) is 0.250. The molecule has 2 aromatic heterocycles. The number of hydrogen-bond donors (Lipinski definition) is 1. The molecule has 1 saturated heterocycles. The summed E-state index contributed by atoms with van der Waals surface area (Å²) in [6.07, 6.45) is 3.28. The number of carbonyl (C=O) groups excluding carboxylic acids is 1. The first-order valence-electron chi connectivity index (χ1n) is 10.8. The van der Waals surface area contributed by atoms with Gasteiger partial charge in [0.2, 0.25) is 5.91 Å². The number of ether oxygens (including phenoxy) is 1. The highest BCUT2D eigenvalue weighted by molar-refractivity contribution is 8.00. The zero-order valence-corrected chi connectivity index (χ0v) is 19.1. The number of benzene rings is 2. The van der Waals surface area contributed by atoms with Gasteiger partial charge in [-0.15, -0.1) is 0 Å². The molecule has 0 radical (unpaired) electrons. The van der Waals surface area contributed by atoms with Gasteiger partial charge in [0.25, 0.3) is 0 Å². The number of nitrogens with one attached hydrogen (secondary N) is 1. The summed E-state index contributed by atoms with van der Waals surface area (Å²) in [6, 6.07) is 15.9. The molecule has 3 heterocycles. The van der Waals surface area contributed by atoms with Gasteiger partial charge in [0, 0.05) is 13.1 Å². The minimum absolute atomic E-state index is 0.0845. The molecule has 0 atom stereocenters. The SMILES string of the molecule is Cc1ccccc1-n1ncc2c(SCC(=O)Nc3ccccc3N3CCOCC3)ncnc21. The summed E-state index contributed by atoms with van der Waals surface area (Å²) in [6.45, 7) is 5.05. The molecule has 33 heavy (non-hydrogen) atoms. The maximum Gasteiger partial charge on any atom is 0.234 e. The highest BCUT2D eigenvalue weighted by atomic mass is 32.2. The molecule has 8 nitrogen and oxygen atoms in total. The molecule has 1 fully saturated rings. The van der Waals surface area contributed by atoms with Crippen molar-refractivity contribution in [3.63, 3.8) is 0 Å². The average Bonchev–Trinajstić information content (AvgIpc) is 3.28. The maximum absolute atomic E-state index is 12.8. The van der Waals surface area contributed by atoms with Crippen LogP contribution < -0.4 is 10.2 Å². The number of fused-ring (bicyclic) bond motifs is 1. The van der Waals surface area contributed by atoms with Gasteiger partial charge in [-0.2, -0.15) is 5.10 Å². The Kier molecular flexibility index (Phi) is 6.23. The van der Waals surface area contributed by atoms with Crippen LogP contribution in [0.3, 0.4) is 0 Å². The lowest BCUT2D eigenvalue weighted by Crippen LogP contribution is -2.36. The van der Waals surface area contributed by atoms with E-state index in [0.717, 1.165) is 51.8 Å². The van der Waals surface area contributed by atoms with Gasteiger partial charge in [0.15, 0.2) is 5.65 Å². The molecule has 0 unspecified atom stereocenters. The van der Waals surface area contributed by atoms with Crippen molar-refractivity contribution in [2.45, 2.75) is 11.9 Å². The number of aryl methyl sites for hydroxylation is 1. The lowest BCUT2D eigenvalue weighted by atomic mass is 10.2. The average molecular weight is 461 g/mol. The molecule has 1 N–H and O–H groups in total. The number of anilines is 2. The number of para-hydroxylation sites is 3.